The highest BCUT2D eigenvalue weighted by Crippen LogP contribution is 2.31. The van der Waals surface area contributed by atoms with Crippen molar-refractivity contribution in [1.29, 1.82) is 0 Å². The predicted molar refractivity (Wildman–Crippen MR) is 101 cm³/mol. The molecular formula is C20H23NO7. The van der Waals surface area contributed by atoms with Gasteiger partial charge in [0.15, 0.2) is 29.6 Å². The molecule has 0 aliphatic heterocycles. The van der Waals surface area contributed by atoms with Crippen LogP contribution in [0.2, 0.25) is 0 Å². The van der Waals surface area contributed by atoms with Gasteiger partial charge in [-0.15, -0.1) is 0 Å². The molecule has 0 spiro atoms. The summed E-state index contributed by atoms with van der Waals surface area (Å²) in [6, 6.07) is 11.1. The van der Waals surface area contributed by atoms with Gasteiger partial charge < -0.3 is 29.4 Å². The minimum atomic E-state index is -1.05. The molecule has 150 valence electrons. The highest BCUT2D eigenvalue weighted by atomic mass is 16.5. The number of hydrogen-bond donors (Lipinski definition) is 2. The van der Waals surface area contributed by atoms with E-state index in [4.69, 9.17) is 18.9 Å². The molecule has 2 aromatic rings. The number of methoxy groups -OCH3 is 3. The van der Waals surface area contributed by atoms with Crippen LogP contribution in [0.3, 0.4) is 0 Å². The van der Waals surface area contributed by atoms with E-state index in [1.807, 2.05) is 0 Å². The van der Waals surface area contributed by atoms with Gasteiger partial charge >= 0.3 is 5.97 Å². The van der Waals surface area contributed by atoms with E-state index in [1.54, 1.807) is 42.5 Å². The minimum absolute atomic E-state index is 0.288. The minimum Gasteiger partial charge on any atom is -0.493 e. The molecule has 0 aliphatic rings. The van der Waals surface area contributed by atoms with Crippen LogP contribution in [0.1, 0.15) is 18.0 Å². The molecule has 0 radical (unpaired) electrons. The topological polar surface area (TPSA) is 103 Å². The summed E-state index contributed by atoms with van der Waals surface area (Å²) >= 11 is 0. The van der Waals surface area contributed by atoms with Gasteiger partial charge in [0.25, 0.3) is 5.91 Å². The Morgan fingerprint density at radius 2 is 1.54 bits per heavy atom. The number of carbonyl (C=O) groups excluding carboxylic acids is 1. The van der Waals surface area contributed by atoms with Gasteiger partial charge in [-0.25, -0.2) is 0 Å². The number of para-hydroxylation sites is 2. The highest BCUT2D eigenvalue weighted by Gasteiger charge is 2.20. The van der Waals surface area contributed by atoms with E-state index in [0.29, 0.717) is 28.6 Å². The van der Waals surface area contributed by atoms with E-state index >= 15 is 0 Å². The van der Waals surface area contributed by atoms with Crippen LogP contribution in [-0.4, -0.2) is 44.9 Å². The van der Waals surface area contributed by atoms with Crippen LogP contribution in [0, 0.1) is 0 Å². The Labute approximate surface area is 163 Å². The van der Waals surface area contributed by atoms with Crippen molar-refractivity contribution in [3.63, 3.8) is 0 Å². The smallest absolute Gasteiger partial charge is 0.305 e. The van der Waals surface area contributed by atoms with Crippen LogP contribution < -0.4 is 24.3 Å². The molecule has 0 aliphatic carbocycles. The molecule has 0 aromatic heterocycles. The predicted octanol–water partition coefficient (Wildman–Crippen LogP) is 2.42. The zero-order chi connectivity index (χ0) is 20.5. The number of benzene rings is 2. The fraction of sp³-hybridized carbons (Fsp3) is 0.300. The maximum atomic E-state index is 12.3. The van der Waals surface area contributed by atoms with E-state index < -0.39 is 17.9 Å². The molecule has 2 N–H and O–H groups in total. The summed E-state index contributed by atoms with van der Waals surface area (Å²) in [6.07, 6.45) is -0.296. The van der Waals surface area contributed by atoms with Crippen molar-refractivity contribution in [2.24, 2.45) is 0 Å². The molecule has 0 unspecified atom stereocenters. The number of hydrogen-bond acceptors (Lipinski definition) is 6. The molecule has 0 saturated heterocycles. The standard InChI is InChI=1S/C20H23NO7/c1-25-15-6-4-5-7-17(15)28-12-19(22)21-14(11-20(23)24)13-8-9-16(26-2)18(10-13)27-3/h4-10,14H,11-12H2,1-3H3,(H,21,22)(H,23,24)/t14-/m0/s1. The molecule has 0 fully saturated rings. The number of ether oxygens (including phenoxy) is 4. The van der Waals surface area contributed by atoms with Gasteiger partial charge in [0.05, 0.1) is 33.8 Å². The lowest BCUT2D eigenvalue weighted by molar-refractivity contribution is -0.137. The lowest BCUT2D eigenvalue weighted by atomic mass is 10.0. The normalized spacial score (nSPS) is 11.2. The van der Waals surface area contributed by atoms with Crippen LogP contribution in [0.15, 0.2) is 42.5 Å². The van der Waals surface area contributed by atoms with Crippen molar-refractivity contribution in [2.45, 2.75) is 12.5 Å². The first-order valence-electron chi connectivity index (χ1n) is 8.47. The average Bonchev–Trinajstić information content (AvgIpc) is 2.71. The zero-order valence-electron chi connectivity index (χ0n) is 15.9. The molecule has 8 nitrogen and oxygen atoms in total. The third kappa shape index (κ3) is 5.54. The number of carbonyl (C=O) groups is 2. The summed E-state index contributed by atoms with van der Waals surface area (Å²) in [7, 11) is 4.49. The molecule has 0 bridgehead atoms. The van der Waals surface area contributed by atoms with E-state index in [-0.39, 0.29) is 13.0 Å². The summed E-state index contributed by atoms with van der Waals surface area (Å²) in [5.74, 6) is 0.345. The number of carboxylic acids is 1. The largest absolute Gasteiger partial charge is 0.493 e. The van der Waals surface area contributed by atoms with Crippen molar-refractivity contribution in [3.05, 3.63) is 48.0 Å². The summed E-state index contributed by atoms with van der Waals surface area (Å²) in [4.78, 5) is 23.6. The Morgan fingerprint density at radius 1 is 0.929 bits per heavy atom. The second-order valence-corrected chi connectivity index (χ2v) is 5.77. The average molecular weight is 389 g/mol. The fourth-order valence-electron chi connectivity index (χ4n) is 2.61. The van der Waals surface area contributed by atoms with Crippen molar-refractivity contribution < 1.29 is 33.6 Å². The molecule has 0 heterocycles. The van der Waals surface area contributed by atoms with Gasteiger partial charge in [-0.3, -0.25) is 9.59 Å². The summed E-state index contributed by atoms with van der Waals surface area (Å²) in [5.41, 5.74) is 0.575. The number of carboxylic acid groups (broad SMARTS) is 1. The number of aliphatic carboxylic acids is 1. The Balaban J connectivity index is 2.11. The van der Waals surface area contributed by atoms with Crippen LogP contribution in [0.5, 0.6) is 23.0 Å². The van der Waals surface area contributed by atoms with Gasteiger partial charge in [-0.2, -0.15) is 0 Å². The first-order valence-corrected chi connectivity index (χ1v) is 8.47. The molecule has 28 heavy (non-hydrogen) atoms. The number of amides is 1. The van der Waals surface area contributed by atoms with Gasteiger partial charge in [0, 0.05) is 0 Å². The van der Waals surface area contributed by atoms with Crippen molar-refractivity contribution in [1.82, 2.24) is 5.32 Å². The first kappa shape index (κ1) is 20.9. The van der Waals surface area contributed by atoms with E-state index in [9.17, 15) is 14.7 Å². The molecule has 8 heteroatoms. The first-order chi connectivity index (χ1) is 13.5. The second-order valence-electron chi connectivity index (χ2n) is 5.77. The summed E-state index contributed by atoms with van der Waals surface area (Å²) in [6.45, 7) is -0.288. The third-order valence-electron chi connectivity index (χ3n) is 3.95. The monoisotopic (exact) mass is 389 g/mol. The molecule has 2 aromatic carbocycles. The second kappa shape index (κ2) is 10.1. The van der Waals surface area contributed by atoms with Gasteiger partial charge in [-0.05, 0) is 29.8 Å². The molecule has 1 atom stereocenters. The number of nitrogens with one attached hydrogen (secondary N) is 1. The Hall–Kier alpha value is -3.42. The molecule has 0 saturated carbocycles. The van der Waals surface area contributed by atoms with E-state index in [2.05, 4.69) is 5.32 Å². The van der Waals surface area contributed by atoms with Gasteiger partial charge in [0.1, 0.15) is 0 Å². The fourth-order valence-corrected chi connectivity index (χ4v) is 2.61. The van der Waals surface area contributed by atoms with Crippen molar-refractivity contribution >= 4 is 11.9 Å². The lowest BCUT2D eigenvalue weighted by Gasteiger charge is -2.19. The Morgan fingerprint density at radius 3 is 2.14 bits per heavy atom. The maximum Gasteiger partial charge on any atom is 0.305 e. The molecule has 2 rings (SSSR count). The van der Waals surface area contributed by atoms with Gasteiger partial charge in [-0.1, -0.05) is 18.2 Å². The summed E-state index contributed by atoms with van der Waals surface area (Å²) < 4.78 is 21.1. The van der Waals surface area contributed by atoms with Crippen LogP contribution in [-0.2, 0) is 9.59 Å². The zero-order valence-corrected chi connectivity index (χ0v) is 15.9. The molecule has 1 amide bonds. The Kier molecular flexibility index (Phi) is 7.50. The summed E-state index contributed by atoms with van der Waals surface area (Å²) in [5, 5.41) is 11.9. The van der Waals surface area contributed by atoms with Crippen molar-refractivity contribution in [2.75, 3.05) is 27.9 Å². The van der Waals surface area contributed by atoms with Crippen LogP contribution in [0.4, 0.5) is 0 Å². The van der Waals surface area contributed by atoms with Gasteiger partial charge in [0.2, 0.25) is 0 Å². The number of rotatable bonds is 10. The van der Waals surface area contributed by atoms with Crippen LogP contribution in [0.25, 0.3) is 0 Å². The Bertz CT molecular complexity index is 822. The maximum absolute atomic E-state index is 12.3. The molecular weight excluding hydrogens is 366 g/mol. The third-order valence-corrected chi connectivity index (χ3v) is 3.95. The van der Waals surface area contributed by atoms with E-state index in [0.717, 1.165) is 0 Å². The highest BCUT2D eigenvalue weighted by molar-refractivity contribution is 5.79. The van der Waals surface area contributed by atoms with Crippen LogP contribution >= 0.6 is 0 Å². The lowest BCUT2D eigenvalue weighted by Crippen LogP contribution is -2.34. The SMILES string of the molecule is COc1ccc([C@H](CC(=O)O)NC(=O)COc2ccccc2OC)cc1OC. The quantitative estimate of drug-likeness (QED) is 0.643. The van der Waals surface area contributed by atoms with Crippen molar-refractivity contribution in [3.8, 4) is 23.0 Å². The van der Waals surface area contributed by atoms with E-state index in [1.165, 1.54) is 21.3 Å².